The molecule has 0 aliphatic carbocycles. The summed E-state index contributed by atoms with van der Waals surface area (Å²) in [5, 5.41) is 0. The average Bonchev–Trinajstić information content (AvgIpc) is 2.46. The molecule has 114 valence electrons. The molecule has 0 saturated heterocycles. The van der Waals surface area contributed by atoms with E-state index in [9.17, 15) is 4.79 Å². The van der Waals surface area contributed by atoms with E-state index in [2.05, 4.69) is 4.98 Å². The average molecular weight is 344 g/mol. The fourth-order valence-electron chi connectivity index (χ4n) is 1.75. The first-order valence-electron chi connectivity index (χ1n) is 6.59. The van der Waals surface area contributed by atoms with E-state index >= 15 is 0 Å². The molecule has 2 rings (SSSR count). The number of pyridine rings is 1. The molecule has 0 aliphatic heterocycles. The van der Waals surface area contributed by atoms with Crippen molar-refractivity contribution in [1.29, 1.82) is 0 Å². The second-order valence-electron chi connectivity index (χ2n) is 4.07. The smallest absolute Gasteiger partial charge is 0.258 e. The summed E-state index contributed by atoms with van der Waals surface area (Å²) >= 11 is 6.86. The van der Waals surface area contributed by atoms with Crippen LogP contribution in [0.4, 0.5) is 0 Å². The third kappa shape index (κ3) is 4.37. The zero-order chi connectivity index (χ0) is 15.3. The van der Waals surface area contributed by atoms with Gasteiger partial charge in [-0.15, -0.1) is 0 Å². The van der Waals surface area contributed by atoms with Gasteiger partial charge in [-0.1, -0.05) is 17.4 Å². The lowest BCUT2D eigenvalue weighted by Gasteiger charge is -2.19. The lowest BCUT2D eigenvalue weighted by atomic mass is 10.4. The van der Waals surface area contributed by atoms with Crippen LogP contribution in [-0.4, -0.2) is 22.6 Å². The highest BCUT2D eigenvalue weighted by Crippen LogP contribution is 2.61. The fraction of sp³-hybridized carbons (Fsp3) is 0.385. The predicted molar refractivity (Wildman–Crippen MR) is 90.3 cm³/mol. The Bertz CT molecular complexity index is 710. The highest BCUT2D eigenvalue weighted by molar-refractivity contribution is 8.67. The Kier molecular flexibility index (Phi) is 5.96. The minimum absolute atomic E-state index is 0.0997. The fourth-order valence-corrected chi connectivity index (χ4v) is 6.10. The molecule has 0 atom stereocenters. The van der Waals surface area contributed by atoms with E-state index < -0.39 is 5.69 Å². The molecule has 2 aromatic rings. The summed E-state index contributed by atoms with van der Waals surface area (Å²) in [5.74, 6) is 0.498. The van der Waals surface area contributed by atoms with Crippen LogP contribution in [0.25, 0.3) is 5.65 Å². The molecule has 0 bridgehead atoms. The summed E-state index contributed by atoms with van der Waals surface area (Å²) in [6, 6.07) is 6.98. The van der Waals surface area contributed by atoms with Gasteiger partial charge in [0.1, 0.15) is 5.65 Å². The molecule has 0 aromatic carbocycles. The maximum atomic E-state index is 12.0. The van der Waals surface area contributed by atoms with Gasteiger partial charge in [-0.2, -0.15) is 0 Å². The second kappa shape index (κ2) is 7.51. The van der Waals surface area contributed by atoms with E-state index in [4.69, 9.17) is 20.9 Å². The molecule has 5 nitrogen and oxygen atoms in total. The van der Waals surface area contributed by atoms with Gasteiger partial charge in [0.05, 0.1) is 18.9 Å². The molecule has 8 heteroatoms. The summed E-state index contributed by atoms with van der Waals surface area (Å²) < 4.78 is 12.6. The van der Waals surface area contributed by atoms with Gasteiger partial charge in [-0.3, -0.25) is 9.20 Å². The highest BCUT2D eigenvalue weighted by Gasteiger charge is 2.19. The molecule has 0 aliphatic rings. The van der Waals surface area contributed by atoms with Gasteiger partial charge >= 0.3 is 0 Å². The lowest BCUT2D eigenvalue weighted by Crippen LogP contribution is -2.14. The molecule has 0 spiro atoms. The van der Waals surface area contributed by atoms with Crippen molar-refractivity contribution >= 4 is 34.5 Å². The molecule has 0 fully saturated rings. The number of hydrogen-bond donors (Lipinski definition) is 0. The summed E-state index contributed by atoms with van der Waals surface area (Å²) in [4.78, 5) is 16.5. The van der Waals surface area contributed by atoms with Crippen LogP contribution >= 0.6 is 17.1 Å². The van der Waals surface area contributed by atoms with Crippen molar-refractivity contribution in [2.24, 2.45) is 0 Å². The van der Waals surface area contributed by atoms with E-state index in [-0.39, 0.29) is 5.56 Å². The molecule has 2 aromatic heterocycles. The Morgan fingerprint density at radius 2 is 2.05 bits per heavy atom. The van der Waals surface area contributed by atoms with Crippen molar-refractivity contribution in [3.63, 3.8) is 0 Å². The van der Waals surface area contributed by atoms with Crippen LogP contribution in [0.3, 0.4) is 0 Å². The van der Waals surface area contributed by atoms with E-state index in [1.165, 1.54) is 21.8 Å². The van der Waals surface area contributed by atoms with Crippen LogP contribution in [-0.2, 0) is 26.6 Å². The summed E-state index contributed by atoms with van der Waals surface area (Å²) in [6.07, 6.45) is 1.70. The van der Waals surface area contributed by atoms with Gasteiger partial charge in [0.2, 0.25) is 5.69 Å². The Labute approximate surface area is 132 Å². The Morgan fingerprint density at radius 1 is 1.33 bits per heavy atom. The summed E-state index contributed by atoms with van der Waals surface area (Å²) in [6.45, 7) is 4.80. The minimum atomic E-state index is -2.36. The van der Waals surface area contributed by atoms with Crippen LogP contribution in [0.15, 0.2) is 35.3 Å². The summed E-state index contributed by atoms with van der Waals surface area (Å²) in [5.41, 5.74) is -1.15. The number of nitrogens with zero attached hydrogens (tertiary/aromatic N) is 2. The third-order valence-electron chi connectivity index (χ3n) is 2.57. The van der Waals surface area contributed by atoms with E-state index in [0.29, 0.717) is 30.3 Å². The molecule has 2 heterocycles. The van der Waals surface area contributed by atoms with Gasteiger partial charge < -0.3 is 9.05 Å². The van der Waals surface area contributed by atoms with Crippen molar-refractivity contribution in [3.05, 3.63) is 46.5 Å². The quantitative estimate of drug-likeness (QED) is 0.719. The number of fused-ring (bicyclic) bond motifs is 1. The van der Waals surface area contributed by atoms with Crippen LogP contribution in [0, 0.1) is 0 Å². The monoisotopic (exact) mass is 344 g/mol. The third-order valence-corrected chi connectivity index (χ3v) is 8.01. The van der Waals surface area contributed by atoms with Crippen molar-refractivity contribution < 1.29 is 9.05 Å². The molecule has 0 radical (unpaired) electrons. The zero-order valence-electron chi connectivity index (χ0n) is 11.9. The first-order chi connectivity index (χ1) is 10.1. The SMILES string of the molecule is CCOP(=S)(OCC)SCc1cc(=O)n2ccccc2n1. The molecular weight excluding hydrogens is 327 g/mol. The van der Waals surface area contributed by atoms with Gasteiger partial charge in [0, 0.05) is 18.0 Å². The summed E-state index contributed by atoms with van der Waals surface area (Å²) in [7, 11) is 0. The Balaban J connectivity index is 2.20. The topological polar surface area (TPSA) is 52.8 Å². The van der Waals surface area contributed by atoms with Crippen LogP contribution in [0.5, 0.6) is 0 Å². The Hall–Kier alpha value is -0.720. The van der Waals surface area contributed by atoms with Crippen LogP contribution in [0.2, 0.25) is 0 Å². The van der Waals surface area contributed by atoms with E-state index in [0.717, 1.165) is 0 Å². The van der Waals surface area contributed by atoms with Crippen LogP contribution in [0.1, 0.15) is 19.5 Å². The first kappa shape index (κ1) is 16.6. The molecule has 0 saturated carbocycles. The largest absolute Gasteiger partial charge is 0.322 e. The number of rotatable bonds is 7. The number of aromatic nitrogens is 2. The van der Waals surface area contributed by atoms with Gasteiger partial charge in [0.15, 0.2) is 0 Å². The van der Waals surface area contributed by atoms with Gasteiger partial charge in [-0.05, 0) is 37.8 Å². The van der Waals surface area contributed by atoms with E-state index in [1.54, 1.807) is 18.3 Å². The maximum Gasteiger partial charge on any atom is 0.258 e. The van der Waals surface area contributed by atoms with Crippen molar-refractivity contribution in [1.82, 2.24) is 9.38 Å². The molecular formula is C13H17N2O3PS2. The molecule has 0 amide bonds. The lowest BCUT2D eigenvalue weighted by molar-refractivity contribution is 0.280. The second-order valence-corrected chi connectivity index (χ2v) is 10.4. The number of hydrogen-bond acceptors (Lipinski definition) is 6. The normalized spacial score (nSPS) is 11.9. The first-order valence-corrected chi connectivity index (χ1v) is 10.8. The standard InChI is InChI=1S/C13H17N2O3PS2/c1-3-17-19(20,18-4-2)21-10-11-9-13(16)15-8-6-5-7-12(15)14-11/h5-9H,3-4,10H2,1-2H3. The van der Waals surface area contributed by atoms with Gasteiger partial charge in [-0.25, -0.2) is 4.98 Å². The minimum Gasteiger partial charge on any atom is -0.322 e. The Morgan fingerprint density at radius 3 is 2.71 bits per heavy atom. The van der Waals surface area contributed by atoms with Crippen LogP contribution < -0.4 is 5.56 Å². The van der Waals surface area contributed by atoms with Gasteiger partial charge in [0.25, 0.3) is 5.56 Å². The molecule has 0 N–H and O–H groups in total. The van der Waals surface area contributed by atoms with Crippen molar-refractivity contribution in [3.8, 4) is 0 Å². The van der Waals surface area contributed by atoms with Crippen molar-refractivity contribution in [2.45, 2.75) is 19.6 Å². The van der Waals surface area contributed by atoms with E-state index in [1.807, 2.05) is 19.9 Å². The molecule has 21 heavy (non-hydrogen) atoms. The zero-order valence-corrected chi connectivity index (χ0v) is 14.4. The maximum absolute atomic E-state index is 12.0. The molecule has 0 unspecified atom stereocenters. The predicted octanol–water partition coefficient (Wildman–Crippen LogP) is 3.23. The highest BCUT2D eigenvalue weighted by atomic mass is 32.9. The van der Waals surface area contributed by atoms with Crippen molar-refractivity contribution in [2.75, 3.05) is 13.2 Å².